The van der Waals surface area contributed by atoms with Crippen molar-refractivity contribution in [3.05, 3.63) is 17.8 Å². The first kappa shape index (κ1) is 22.4. The lowest BCUT2D eigenvalue weighted by molar-refractivity contribution is -0.134. The number of aliphatic carboxylic acids is 2. The van der Waals surface area contributed by atoms with Gasteiger partial charge in [-0.1, -0.05) is 0 Å². The minimum absolute atomic E-state index is 0.558. The van der Waals surface area contributed by atoms with Crippen molar-refractivity contribution in [2.75, 3.05) is 61.9 Å². The highest BCUT2D eigenvalue weighted by Crippen LogP contribution is 2.38. The molecule has 9 nitrogen and oxygen atoms in total. The Morgan fingerprint density at radius 3 is 2.13 bits per heavy atom. The van der Waals surface area contributed by atoms with Crippen LogP contribution in [0.5, 0.6) is 0 Å². The third-order valence-corrected chi connectivity index (χ3v) is 6.47. The summed E-state index contributed by atoms with van der Waals surface area (Å²) in [5.41, 5.74) is 1.29. The summed E-state index contributed by atoms with van der Waals surface area (Å²) in [6.07, 6.45) is 6.08. The Morgan fingerprint density at radius 1 is 0.900 bits per heavy atom. The predicted molar refractivity (Wildman–Crippen MR) is 117 cm³/mol. The molecule has 0 radical (unpaired) electrons. The molecule has 3 aliphatic rings. The van der Waals surface area contributed by atoms with Gasteiger partial charge < -0.3 is 24.9 Å². The van der Waals surface area contributed by atoms with E-state index < -0.39 is 11.9 Å². The summed E-state index contributed by atoms with van der Waals surface area (Å²) in [5.74, 6) is 0.891. The average molecular weight is 436 g/mol. The Labute approximate surface area is 180 Å². The number of nitrogens with zero attached hydrogens (tertiary/aromatic N) is 5. The van der Waals surface area contributed by atoms with E-state index in [0.717, 1.165) is 51.6 Å². The van der Waals surface area contributed by atoms with Crippen LogP contribution in [0.3, 0.4) is 0 Å². The molecule has 3 aliphatic heterocycles. The zero-order chi connectivity index (χ0) is 21.5. The van der Waals surface area contributed by atoms with E-state index >= 15 is 0 Å². The predicted octanol–water partition coefficient (Wildman–Crippen LogP) is 1.58. The van der Waals surface area contributed by atoms with Crippen molar-refractivity contribution in [1.82, 2.24) is 14.9 Å². The molecule has 2 N–H and O–H groups in total. The second kappa shape index (κ2) is 10.6. The quantitative estimate of drug-likeness (QED) is 0.676. The van der Waals surface area contributed by atoms with E-state index in [2.05, 4.69) is 21.7 Å². The van der Waals surface area contributed by atoms with Crippen LogP contribution in [0.25, 0.3) is 0 Å². The topological polar surface area (TPSA) is 110 Å². The maximum Gasteiger partial charge on any atom is 0.328 e. The van der Waals surface area contributed by atoms with Crippen molar-refractivity contribution in [2.45, 2.75) is 30.6 Å². The van der Waals surface area contributed by atoms with Crippen LogP contribution in [-0.4, -0.2) is 89.1 Å². The molecule has 1 aromatic heterocycles. The van der Waals surface area contributed by atoms with Crippen LogP contribution in [0.4, 0.5) is 11.8 Å². The number of aromatic nitrogens is 2. The fourth-order valence-corrected chi connectivity index (χ4v) is 4.75. The van der Waals surface area contributed by atoms with Crippen molar-refractivity contribution in [3.63, 3.8) is 0 Å². The number of thioether (sulfide) groups is 1. The molecule has 30 heavy (non-hydrogen) atoms. The Bertz CT molecular complexity index is 774. The number of anilines is 2. The number of carboxylic acid groups (broad SMARTS) is 2. The summed E-state index contributed by atoms with van der Waals surface area (Å²) >= 11 is 1.96. The second-order valence-electron chi connectivity index (χ2n) is 7.57. The largest absolute Gasteiger partial charge is 0.478 e. The van der Waals surface area contributed by atoms with Gasteiger partial charge in [0.05, 0.1) is 10.6 Å². The van der Waals surface area contributed by atoms with Crippen LogP contribution in [0.2, 0.25) is 0 Å². The van der Waals surface area contributed by atoms with Crippen molar-refractivity contribution in [2.24, 2.45) is 0 Å². The van der Waals surface area contributed by atoms with Crippen LogP contribution in [0.15, 0.2) is 17.0 Å². The van der Waals surface area contributed by atoms with Gasteiger partial charge in [0, 0.05) is 51.4 Å². The Balaban J connectivity index is 0.000000275. The van der Waals surface area contributed by atoms with E-state index in [9.17, 15) is 9.59 Å². The summed E-state index contributed by atoms with van der Waals surface area (Å²) in [7, 11) is 2.19. The molecule has 10 heteroatoms. The minimum Gasteiger partial charge on any atom is -0.478 e. The first-order chi connectivity index (χ1) is 14.4. The van der Waals surface area contributed by atoms with Crippen molar-refractivity contribution < 1.29 is 19.8 Å². The van der Waals surface area contributed by atoms with E-state index in [0.29, 0.717) is 12.2 Å². The molecule has 2 fully saturated rings. The van der Waals surface area contributed by atoms with Crippen LogP contribution in [0, 0.1) is 0 Å². The molecule has 2 saturated heterocycles. The van der Waals surface area contributed by atoms with Gasteiger partial charge in [-0.05, 0) is 38.5 Å². The number of rotatable bonds is 4. The van der Waals surface area contributed by atoms with Gasteiger partial charge in [-0.2, -0.15) is 4.98 Å². The lowest BCUT2D eigenvalue weighted by Gasteiger charge is -2.34. The summed E-state index contributed by atoms with van der Waals surface area (Å²) in [5, 5.41) is 15.6. The average Bonchev–Trinajstić information content (AvgIpc) is 3.27. The molecule has 0 amide bonds. The first-order valence-corrected chi connectivity index (χ1v) is 11.3. The van der Waals surface area contributed by atoms with E-state index in [1.54, 1.807) is 0 Å². The standard InChI is InChI=1S/C16H25N5S.C4H4O4/c1-19-8-10-21(11-9-19)16-17-13-5-4-12-22-14(13)15(18-16)20-6-2-3-7-20;5-3(6)1-2-4(7)8/h2-12H2,1H3;1-2H,(H,5,6)(H,7,8)/b;2-1-. The number of carbonyl (C=O) groups is 2. The third-order valence-electron chi connectivity index (χ3n) is 5.27. The molecule has 0 aromatic carbocycles. The lowest BCUT2D eigenvalue weighted by Crippen LogP contribution is -2.45. The van der Waals surface area contributed by atoms with Gasteiger partial charge in [0.2, 0.25) is 5.95 Å². The number of likely N-dealkylation sites (N-methyl/N-ethyl adjacent to an activating group) is 1. The molecule has 0 unspecified atom stereocenters. The Hall–Kier alpha value is -2.33. The van der Waals surface area contributed by atoms with Crippen LogP contribution in [0.1, 0.15) is 25.0 Å². The van der Waals surface area contributed by atoms with Crippen LogP contribution in [-0.2, 0) is 16.0 Å². The molecule has 0 atom stereocenters. The van der Waals surface area contributed by atoms with E-state index in [1.165, 1.54) is 41.4 Å². The molecular weight excluding hydrogens is 406 g/mol. The summed E-state index contributed by atoms with van der Waals surface area (Å²) in [6.45, 7) is 6.62. The van der Waals surface area contributed by atoms with E-state index in [4.69, 9.17) is 20.2 Å². The molecular formula is C20H29N5O4S. The fraction of sp³-hybridized carbons (Fsp3) is 0.600. The number of aryl methyl sites for hydroxylation is 1. The van der Waals surface area contributed by atoms with Crippen LogP contribution >= 0.6 is 11.8 Å². The Morgan fingerprint density at radius 2 is 1.53 bits per heavy atom. The monoisotopic (exact) mass is 435 g/mol. The zero-order valence-corrected chi connectivity index (χ0v) is 18.1. The molecule has 0 spiro atoms. The number of fused-ring (bicyclic) bond motifs is 1. The molecule has 4 heterocycles. The van der Waals surface area contributed by atoms with E-state index in [-0.39, 0.29) is 0 Å². The molecule has 164 valence electrons. The van der Waals surface area contributed by atoms with Gasteiger partial charge in [0.15, 0.2) is 0 Å². The lowest BCUT2D eigenvalue weighted by atomic mass is 10.2. The number of piperazine rings is 1. The molecule has 4 rings (SSSR count). The summed E-state index contributed by atoms with van der Waals surface area (Å²) in [6, 6.07) is 0. The third kappa shape index (κ3) is 6.09. The van der Waals surface area contributed by atoms with Crippen molar-refractivity contribution in [1.29, 1.82) is 0 Å². The van der Waals surface area contributed by atoms with Gasteiger partial charge in [-0.15, -0.1) is 11.8 Å². The Kier molecular flexibility index (Phi) is 7.92. The van der Waals surface area contributed by atoms with Gasteiger partial charge in [0.25, 0.3) is 0 Å². The molecule has 1 aromatic rings. The van der Waals surface area contributed by atoms with Crippen LogP contribution < -0.4 is 9.80 Å². The first-order valence-electron chi connectivity index (χ1n) is 10.3. The highest BCUT2D eigenvalue weighted by atomic mass is 32.2. The van der Waals surface area contributed by atoms with Gasteiger partial charge in [-0.25, -0.2) is 14.6 Å². The summed E-state index contributed by atoms with van der Waals surface area (Å²) in [4.78, 5) is 37.7. The smallest absolute Gasteiger partial charge is 0.328 e. The molecule has 0 bridgehead atoms. The maximum atomic E-state index is 9.55. The SMILES string of the molecule is CN1CCN(c2nc3c(c(N4CCCC4)n2)SCCC3)CC1.O=C(O)/C=C\C(=O)O. The van der Waals surface area contributed by atoms with E-state index in [1.807, 2.05) is 11.8 Å². The van der Waals surface area contributed by atoms with Crippen molar-refractivity contribution in [3.8, 4) is 0 Å². The minimum atomic E-state index is -1.26. The van der Waals surface area contributed by atoms with Gasteiger partial charge in [0.1, 0.15) is 5.82 Å². The highest BCUT2D eigenvalue weighted by Gasteiger charge is 2.26. The second-order valence-corrected chi connectivity index (χ2v) is 8.67. The fourth-order valence-electron chi connectivity index (χ4n) is 3.64. The zero-order valence-electron chi connectivity index (χ0n) is 17.3. The molecule has 0 aliphatic carbocycles. The number of hydrogen-bond acceptors (Lipinski definition) is 8. The van der Waals surface area contributed by atoms with Gasteiger partial charge in [-0.3, -0.25) is 0 Å². The molecule has 0 saturated carbocycles. The number of carboxylic acids is 2. The maximum absolute atomic E-state index is 9.55. The van der Waals surface area contributed by atoms with Crippen molar-refractivity contribution >= 4 is 35.5 Å². The summed E-state index contributed by atoms with van der Waals surface area (Å²) < 4.78 is 0. The van der Waals surface area contributed by atoms with Gasteiger partial charge >= 0.3 is 11.9 Å². The normalized spacial score (nSPS) is 19.4. The number of hydrogen-bond donors (Lipinski definition) is 2. The highest BCUT2D eigenvalue weighted by molar-refractivity contribution is 7.99.